The summed E-state index contributed by atoms with van der Waals surface area (Å²) in [4.78, 5) is 10.4. The van der Waals surface area contributed by atoms with Crippen LogP contribution in [0.2, 0.25) is 0 Å². The van der Waals surface area contributed by atoms with Crippen molar-refractivity contribution in [3.8, 4) is 0 Å². The fourth-order valence-corrected chi connectivity index (χ4v) is 0.556. The van der Waals surface area contributed by atoms with Gasteiger partial charge in [0.15, 0.2) is 0 Å². The maximum atomic E-state index is 10.4. The van der Waals surface area contributed by atoms with Crippen LogP contribution in [0.3, 0.4) is 0 Å². The van der Waals surface area contributed by atoms with Crippen molar-refractivity contribution in [1.29, 1.82) is 0 Å². The van der Waals surface area contributed by atoms with Crippen LogP contribution in [0.25, 0.3) is 0 Å². The summed E-state index contributed by atoms with van der Waals surface area (Å²) >= 11 is 0. The van der Waals surface area contributed by atoms with Gasteiger partial charge >= 0.3 is 0 Å². The third-order valence-electron chi connectivity index (χ3n) is 0.657. The van der Waals surface area contributed by atoms with Gasteiger partial charge in [0.25, 0.3) is 0 Å². The van der Waals surface area contributed by atoms with Crippen LogP contribution in [0.4, 0.5) is 0 Å². The number of nitrogens with one attached hydrogen (secondary N) is 1. The molecule has 3 nitrogen and oxygen atoms in total. The molecule has 0 bridgehead atoms. The van der Waals surface area contributed by atoms with Crippen LogP contribution in [-0.4, -0.2) is 23.4 Å². The Morgan fingerprint density at radius 3 is 2.56 bits per heavy atom. The van der Waals surface area contributed by atoms with Crippen LogP contribution in [-0.2, 0) is 15.6 Å². The van der Waals surface area contributed by atoms with Crippen LogP contribution < -0.4 is 5.32 Å². The van der Waals surface area contributed by atoms with E-state index in [-0.39, 0.29) is 5.91 Å². The maximum Gasteiger partial charge on any atom is 0.244 e. The van der Waals surface area contributed by atoms with Crippen molar-refractivity contribution in [2.24, 2.45) is 0 Å². The van der Waals surface area contributed by atoms with Gasteiger partial charge in [0.2, 0.25) is 5.91 Å². The Labute approximate surface area is 56.6 Å². The van der Waals surface area contributed by atoms with Crippen LogP contribution >= 0.6 is 0 Å². The zero-order valence-corrected chi connectivity index (χ0v) is 6.20. The van der Waals surface area contributed by atoms with E-state index >= 15 is 0 Å². The number of hydrogen-bond acceptors (Lipinski definition) is 2. The van der Waals surface area contributed by atoms with E-state index in [0.717, 1.165) is 0 Å². The van der Waals surface area contributed by atoms with Gasteiger partial charge in [-0.3, -0.25) is 9.00 Å². The van der Waals surface area contributed by atoms with Gasteiger partial charge < -0.3 is 5.32 Å². The van der Waals surface area contributed by atoms with E-state index in [9.17, 15) is 9.00 Å². The second-order valence-electron chi connectivity index (χ2n) is 1.42. The lowest BCUT2D eigenvalue weighted by Gasteiger charge is -1.86. The van der Waals surface area contributed by atoms with Gasteiger partial charge in [0.05, 0.1) is 0 Å². The van der Waals surface area contributed by atoms with Crippen molar-refractivity contribution >= 4 is 16.7 Å². The quantitative estimate of drug-likeness (QED) is 0.541. The van der Waals surface area contributed by atoms with E-state index < -0.39 is 10.8 Å². The Bertz CT molecular complexity index is 153. The molecule has 0 fully saturated rings. The summed E-state index contributed by atoms with van der Waals surface area (Å²) < 4.78 is 10.3. The zero-order chi connectivity index (χ0) is 7.28. The molecule has 0 aromatic heterocycles. The first-order valence-electron chi connectivity index (χ1n) is 2.39. The van der Waals surface area contributed by atoms with Crippen molar-refractivity contribution in [3.05, 3.63) is 11.5 Å². The van der Waals surface area contributed by atoms with Gasteiger partial charge in [-0.05, 0) is 0 Å². The average Bonchev–Trinajstić information content (AvgIpc) is 1.83. The molecule has 0 spiro atoms. The molecule has 0 heterocycles. The number of rotatable bonds is 2. The lowest BCUT2D eigenvalue weighted by molar-refractivity contribution is -0.116. The zero-order valence-electron chi connectivity index (χ0n) is 5.38. The number of likely N-dealkylation sites (N-methyl/N-ethyl adjacent to an activating group) is 1. The Hall–Kier alpha value is -0.640. The van der Waals surface area contributed by atoms with Gasteiger partial charge in [0.1, 0.15) is 0 Å². The molecular weight excluding hydrogens is 138 g/mol. The molecule has 0 aliphatic rings. The summed E-state index contributed by atoms with van der Waals surface area (Å²) in [6, 6.07) is 0. The molecule has 4 heteroatoms. The predicted molar refractivity (Wildman–Crippen MR) is 37.3 cm³/mol. The third-order valence-corrected chi connectivity index (χ3v) is 1.18. The van der Waals surface area contributed by atoms with Crippen LogP contribution in [0.5, 0.6) is 0 Å². The molecular formula is C5H9NO2S. The minimum Gasteiger partial charge on any atom is -0.356 e. The molecule has 52 valence electrons. The SMILES string of the molecule is CNC(=O)C=CS(C)=O. The van der Waals surface area contributed by atoms with E-state index in [1.54, 1.807) is 0 Å². The molecule has 9 heavy (non-hydrogen) atoms. The Balaban J connectivity index is 3.71. The highest BCUT2D eigenvalue weighted by molar-refractivity contribution is 7.87. The van der Waals surface area contributed by atoms with E-state index in [1.165, 1.54) is 24.8 Å². The summed E-state index contributed by atoms with van der Waals surface area (Å²) in [5.74, 6) is -0.231. The lowest BCUT2D eigenvalue weighted by Crippen LogP contribution is -2.14. The van der Waals surface area contributed by atoms with Crippen molar-refractivity contribution in [2.45, 2.75) is 0 Å². The molecule has 0 rings (SSSR count). The topological polar surface area (TPSA) is 46.2 Å². The first-order chi connectivity index (χ1) is 4.16. The minimum atomic E-state index is -1.03. The smallest absolute Gasteiger partial charge is 0.244 e. The van der Waals surface area contributed by atoms with Crippen LogP contribution in [0, 0.1) is 0 Å². The Morgan fingerprint density at radius 1 is 1.67 bits per heavy atom. The highest BCUT2D eigenvalue weighted by Gasteiger charge is 1.86. The van der Waals surface area contributed by atoms with Crippen molar-refractivity contribution in [1.82, 2.24) is 5.32 Å². The summed E-state index contributed by atoms with van der Waals surface area (Å²) in [7, 11) is 0.490. The second-order valence-corrected chi connectivity index (χ2v) is 2.68. The number of hydrogen-bond donors (Lipinski definition) is 1. The molecule has 1 N–H and O–H groups in total. The summed E-state index contributed by atoms with van der Waals surface area (Å²) in [5.41, 5.74) is 0. The number of carbonyl (C=O) groups is 1. The third kappa shape index (κ3) is 5.23. The molecule has 0 aromatic rings. The van der Waals surface area contributed by atoms with Crippen molar-refractivity contribution in [3.63, 3.8) is 0 Å². The molecule has 1 amide bonds. The van der Waals surface area contributed by atoms with Crippen LogP contribution in [0.1, 0.15) is 0 Å². The van der Waals surface area contributed by atoms with Gasteiger partial charge in [0, 0.05) is 35.6 Å². The fourth-order valence-electron chi connectivity index (χ4n) is 0.241. The molecule has 0 aromatic carbocycles. The summed E-state index contributed by atoms with van der Waals surface area (Å²) in [6.07, 6.45) is 2.75. The van der Waals surface area contributed by atoms with E-state index in [4.69, 9.17) is 0 Å². The molecule has 0 saturated carbocycles. The molecule has 1 unspecified atom stereocenters. The maximum absolute atomic E-state index is 10.4. The minimum absolute atomic E-state index is 0.231. The number of amides is 1. The highest BCUT2D eigenvalue weighted by Crippen LogP contribution is 1.76. The van der Waals surface area contributed by atoms with E-state index in [2.05, 4.69) is 5.32 Å². The van der Waals surface area contributed by atoms with Crippen molar-refractivity contribution in [2.75, 3.05) is 13.3 Å². The standard InChI is InChI=1S/C5H9NO2S/c1-6-5(7)3-4-9(2)8/h3-4H,1-2H3,(H,6,7). The molecule has 0 radical (unpaired) electrons. The van der Waals surface area contributed by atoms with Gasteiger partial charge in [-0.15, -0.1) is 0 Å². The largest absolute Gasteiger partial charge is 0.356 e. The molecule has 0 aliphatic carbocycles. The molecule has 0 aliphatic heterocycles. The first kappa shape index (κ1) is 8.36. The summed E-state index contributed by atoms with van der Waals surface area (Å²) in [5, 5.41) is 3.69. The predicted octanol–water partition coefficient (Wildman–Crippen LogP) is -0.375. The van der Waals surface area contributed by atoms with Gasteiger partial charge in [-0.25, -0.2) is 0 Å². The molecule has 0 saturated heterocycles. The summed E-state index contributed by atoms with van der Waals surface area (Å²) in [6.45, 7) is 0. The van der Waals surface area contributed by atoms with Gasteiger partial charge in [-0.1, -0.05) is 0 Å². The van der Waals surface area contributed by atoms with Crippen LogP contribution in [0.15, 0.2) is 11.5 Å². The Kier molecular flexibility index (Phi) is 3.96. The fraction of sp³-hybridized carbons (Fsp3) is 0.400. The lowest BCUT2D eigenvalue weighted by atomic mass is 10.6. The average molecular weight is 147 g/mol. The normalized spacial score (nSPS) is 13.6. The monoisotopic (exact) mass is 147 g/mol. The van der Waals surface area contributed by atoms with Gasteiger partial charge in [-0.2, -0.15) is 0 Å². The first-order valence-corrected chi connectivity index (χ1v) is 4.01. The Morgan fingerprint density at radius 2 is 2.22 bits per heavy atom. The number of carbonyl (C=O) groups excluding carboxylic acids is 1. The molecule has 1 atom stereocenters. The van der Waals surface area contributed by atoms with Crippen molar-refractivity contribution < 1.29 is 9.00 Å². The van der Waals surface area contributed by atoms with E-state index in [0.29, 0.717) is 0 Å². The highest BCUT2D eigenvalue weighted by atomic mass is 32.2. The second kappa shape index (κ2) is 4.26. The van der Waals surface area contributed by atoms with E-state index in [1.807, 2.05) is 0 Å².